The molecule has 1 N–H and O–H groups in total. The standard InChI is InChI=1S/C7H11FO3/c8-6-4-11-3-5(6)1-2-7(9)10/h5-6H,1-4H2,(H,9,10)/t5-,6-/m1/s1. The number of aliphatic carboxylic acids is 1. The van der Waals surface area contributed by atoms with Gasteiger partial charge in [-0.15, -0.1) is 0 Å². The predicted molar refractivity (Wildman–Crippen MR) is 36.1 cm³/mol. The van der Waals surface area contributed by atoms with Gasteiger partial charge in [-0.25, -0.2) is 4.39 Å². The van der Waals surface area contributed by atoms with E-state index in [1.165, 1.54) is 0 Å². The summed E-state index contributed by atoms with van der Waals surface area (Å²) < 4.78 is 17.6. The zero-order chi connectivity index (χ0) is 8.27. The fourth-order valence-corrected chi connectivity index (χ4v) is 1.15. The van der Waals surface area contributed by atoms with Crippen LogP contribution in [0.1, 0.15) is 12.8 Å². The van der Waals surface area contributed by atoms with E-state index < -0.39 is 12.1 Å². The Morgan fingerprint density at radius 3 is 2.82 bits per heavy atom. The number of alkyl halides is 1. The van der Waals surface area contributed by atoms with Crippen molar-refractivity contribution in [3.05, 3.63) is 0 Å². The van der Waals surface area contributed by atoms with Crippen LogP contribution in [0.3, 0.4) is 0 Å². The number of halogens is 1. The summed E-state index contributed by atoms with van der Waals surface area (Å²) in [5.41, 5.74) is 0. The Morgan fingerprint density at radius 2 is 2.36 bits per heavy atom. The fraction of sp³-hybridized carbons (Fsp3) is 0.857. The molecule has 0 spiro atoms. The molecule has 1 heterocycles. The van der Waals surface area contributed by atoms with Crippen molar-refractivity contribution in [3.63, 3.8) is 0 Å². The van der Waals surface area contributed by atoms with Crippen LogP contribution in [0.4, 0.5) is 4.39 Å². The van der Waals surface area contributed by atoms with Crippen molar-refractivity contribution in [1.82, 2.24) is 0 Å². The Hall–Kier alpha value is -0.640. The molecule has 0 bridgehead atoms. The highest BCUT2D eigenvalue weighted by Crippen LogP contribution is 2.21. The van der Waals surface area contributed by atoms with Gasteiger partial charge in [-0.2, -0.15) is 0 Å². The quantitative estimate of drug-likeness (QED) is 0.668. The Bertz CT molecular complexity index is 149. The molecule has 4 heteroatoms. The molecule has 0 unspecified atom stereocenters. The zero-order valence-corrected chi connectivity index (χ0v) is 6.12. The van der Waals surface area contributed by atoms with Gasteiger partial charge in [0.25, 0.3) is 0 Å². The molecule has 0 aromatic carbocycles. The van der Waals surface area contributed by atoms with Crippen LogP contribution in [-0.4, -0.2) is 30.5 Å². The van der Waals surface area contributed by atoms with E-state index in [1.807, 2.05) is 0 Å². The molecule has 11 heavy (non-hydrogen) atoms. The van der Waals surface area contributed by atoms with Crippen LogP contribution < -0.4 is 0 Å². The highest BCUT2D eigenvalue weighted by atomic mass is 19.1. The molecule has 0 aromatic heterocycles. The normalized spacial score (nSPS) is 30.6. The van der Waals surface area contributed by atoms with Crippen LogP contribution in [-0.2, 0) is 9.53 Å². The summed E-state index contributed by atoms with van der Waals surface area (Å²) in [4.78, 5) is 10.1. The van der Waals surface area contributed by atoms with Gasteiger partial charge in [0.05, 0.1) is 13.2 Å². The third kappa shape index (κ3) is 2.46. The fourth-order valence-electron chi connectivity index (χ4n) is 1.15. The Morgan fingerprint density at radius 1 is 1.64 bits per heavy atom. The van der Waals surface area contributed by atoms with Gasteiger partial charge < -0.3 is 9.84 Å². The maximum Gasteiger partial charge on any atom is 0.303 e. The second-order valence-electron chi connectivity index (χ2n) is 2.75. The van der Waals surface area contributed by atoms with Crippen molar-refractivity contribution in [2.24, 2.45) is 5.92 Å². The average molecular weight is 162 g/mol. The van der Waals surface area contributed by atoms with Gasteiger partial charge in [0.15, 0.2) is 0 Å². The number of carboxylic acids is 1. The van der Waals surface area contributed by atoms with Gasteiger partial charge in [0.1, 0.15) is 6.17 Å². The molecule has 0 aromatic rings. The van der Waals surface area contributed by atoms with Gasteiger partial charge in [0, 0.05) is 12.3 Å². The van der Waals surface area contributed by atoms with Gasteiger partial charge in [-0.1, -0.05) is 0 Å². The Labute approximate surface area is 64.2 Å². The molecule has 0 saturated carbocycles. The summed E-state index contributed by atoms with van der Waals surface area (Å²) in [7, 11) is 0. The number of carbonyl (C=O) groups is 1. The first-order valence-electron chi connectivity index (χ1n) is 3.63. The van der Waals surface area contributed by atoms with Crippen LogP contribution in [0.25, 0.3) is 0 Å². The summed E-state index contributed by atoms with van der Waals surface area (Å²) >= 11 is 0. The highest BCUT2D eigenvalue weighted by molar-refractivity contribution is 5.66. The average Bonchev–Trinajstić information content (AvgIpc) is 2.31. The van der Waals surface area contributed by atoms with Crippen molar-refractivity contribution >= 4 is 5.97 Å². The van der Waals surface area contributed by atoms with Gasteiger partial charge in [-0.05, 0) is 6.42 Å². The second-order valence-corrected chi connectivity index (χ2v) is 2.75. The largest absolute Gasteiger partial charge is 0.481 e. The summed E-state index contributed by atoms with van der Waals surface area (Å²) in [5, 5.41) is 8.30. The molecule has 0 amide bonds. The molecule has 64 valence electrons. The molecule has 1 saturated heterocycles. The number of hydrogen-bond donors (Lipinski definition) is 1. The maximum absolute atomic E-state index is 12.7. The van der Waals surface area contributed by atoms with Crippen molar-refractivity contribution < 1.29 is 19.0 Å². The number of rotatable bonds is 3. The molecule has 1 aliphatic heterocycles. The molecule has 1 fully saturated rings. The SMILES string of the molecule is O=C(O)CC[C@@H]1COC[C@H]1F. The third-order valence-electron chi connectivity index (χ3n) is 1.85. The minimum Gasteiger partial charge on any atom is -0.481 e. The third-order valence-corrected chi connectivity index (χ3v) is 1.85. The summed E-state index contributed by atoms with van der Waals surface area (Å²) in [6.07, 6.45) is -0.542. The van der Waals surface area contributed by atoms with Crippen LogP contribution in [0.2, 0.25) is 0 Å². The van der Waals surface area contributed by atoms with Gasteiger partial charge in [0.2, 0.25) is 0 Å². The zero-order valence-electron chi connectivity index (χ0n) is 6.12. The number of ether oxygens (including phenoxy) is 1. The van der Waals surface area contributed by atoms with E-state index in [4.69, 9.17) is 9.84 Å². The molecule has 1 aliphatic rings. The lowest BCUT2D eigenvalue weighted by molar-refractivity contribution is -0.137. The van der Waals surface area contributed by atoms with Gasteiger partial charge >= 0.3 is 5.97 Å². The van der Waals surface area contributed by atoms with Gasteiger partial charge in [-0.3, -0.25) is 4.79 Å². The first-order valence-corrected chi connectivity index (χ1v) is 3.63. The molecular weight excluding hydrogens is 151 g/mol. The van der Waals surface area contributed by atoms with Crippen molar-refractivity contribution in [3.8, 4) is 0 Å². The van der Waals surface area contributed by atoms with E-state index in [1.54, 1.807) is 0 Å². The van der Waals surface area contributed by atoms with Crippen molar-refractivity contribution in [1.29, 1.82) is 0 Å². The number of carboxylic acid groups (broad SMARTS) is 1. The van der Waals surface area contributed by atoms with Crippen LogP contribution in [0.5, 0.6) is 0 Å². The van der Waals surface area contributed by atoms with E-state index in [2.05, 4.69) is 0 Å². The van der Waals surface area contributed by atoms with E-state index >= 15 is 0 Å². The molecule has 0 aliphatic carbocycles. The monoisotopic (exact) mass is 162 g/mol. The van der Waals surface area contributed by atoms with E-state index in [-0.39, 0.29) is 18.9 Å². The second kappa shape index (κ2) is 3.67. The summed E-state index contributed by atoms with van der Waals surface area (Å²) in [6, 6.07) is 0. The summed E-state index contributed by atoms with van der Waals surface area (Å²) in [5.74, 6) is -1.07. The molecule has 1 rings (SSSR count). The van der Waals surface area contributed by atoms with E-state index in [0.29, 0.717) is 13.0 Å². The van der Waals surface area contributed by atoms with E-state index in [0.717, 1.165) is 0 Å². The van der Waals surface area contributed by atoms with Crippen LogP contribution >= 0.6 is 0 Å². The lowest BCUT2D eigenvalue weighted by Crippen LogP contribution is -2.14. The minimum absolute atomic E-state index is 0.0362. The maximum atomic E-state index is 12.7. The number of hydrogen-bond acceptors (Lipinski definition) is 2. The first kappa shape index (κ1) is 8.46. The topological polar surface area (TPSA) is 46.5 Å². The smallest absolute Gasteiger partial charge is 0.303 e. The first-order chi connectivity index (χ1) is 5.20. The lowest BCUT2D eigenvalue weighted by Gasteiger charge is -2.06. The minimum atomic E-state index is -0.964. The van der Waals surface area contributed by atoms with Crippen LogP contribution in [0.15, 0.2) is 0 Å². The lowest BCUT2D eigenvalue weighted by atomic mass is 10.0. The summed E-state index contributed by atoms with van der Waals surface area (Å²) in [6.45, 7) is 0.499. The molecule has 0 radical (unpaired) electrons. The Balaban J connectivity index is 2.20. The molecular formula is C7H11FO3. The molecule has 3 nitrogen and oxygen atoms in total. The van der Waals surface area contributed by atoms with E-state index in [9.17, 15) is 9.18 Å². The predicted octanol–water partition coefficient (Wildman–Crippen LogP) is 0.836. The molecule has 2 atom stereocenters. The Kier molecular flexibility index (Phi) is 2.82. The van der Waals surface area contributed by atoms with Crippen LogP contribution in [0, 0.1) is 5.92 Å². The van der Waals surface area contributed by atoms with Crippen molar-refractivity contribution in [2.45, 2.75) is 19.0 Å². The van der Waals surface area contributed by atoms with Crippen molar-refractivity contribution in [2.75, 3.05) is 13.2 Å². The highest BCUT2D eigenvalue weighted by Gasteiger charge is 2.27.